The predicted molar refractivity (Wildman–Crippen MR) is 74.3 cm³/mol. The van der Waals surface area contributed by atoms with Crippen molar-refractivity contribution in [3.8, 4) is 0 Å². The fourth-order valence-corrected chi connectivity index (χ4v) is 3.59. The monoisotopic (exact) mass is 280 g/mol. The Morgan fingerprint density at radius 3 is 2.81 bits per heavy atom. The molecule has 88 valence electrons. The van der Waals surface area contributed by atoms with Gasteiger partial charge in [-0.05, 0) is 50.2 Å². The summed E-state index contributed by atoms with van der Waals surface area (Å²) in [5, 5.41) is 0. The third-order valence-electron chi connectivity index (χ3n) is 3.73. The average Bonchev–Trinajstić information content (AvgIpc) is 2.24. The lowest BCUT2D eigenvalue weighted by Crippen LogP contribution is -2.17. The van der Waals surface area contributed by atoms with Crippen molar-refractivity contribution in [2.75, 3.05) is 0 Å². The fraction of sp³-hybridized carbons (Fsp3) is 0.600. The van der Waals surface area contributed by atoms with Crippen molar-refractivity contribution < 1.29 is 0 Å². The van der Waals surface area contributed by atoms with Crippen LogP contribution in [0.2, 0.25) is 0 Å². The standard InChI is InChI=1S/C15H21Br/c1-11-6-7-12(2)14(8-11)9-13-4-3-5-15(16)10-13/h6-8,13,15H,3-5,9-10H2,1-2H3. The molecule has 0 N–H and O–H groups in total. The van der Waals surface area contributed by atoms with E-state index in [4.69, 9.17) is 0 Å². The third-order valence-corrected chi connectivity index (χ3v) is 4.56. The zero-order chi connectivity index (χ0) is 11.5. The smallest absolute Gasteiger partial charge is 0.0148 e. The van der Waals surface area contributed by atoms with Crippen LogP contribution in [0.1, 0.15) is 42.4 Å². The molecule has 1 aliphatic rings. The maximum Gasteiger partial charge on any atom is 0.0148 e. The summed E-state index contributed by atoms with van der Waals surface area (Å²) in [6.07, 6.45) is 6.80. The summed E-state index contributed by atoms with van der Waals surface area (Å²) in [4.78, 5) is 0.761. The molecule has 2 rings (SSSR count). The van der Waals surface area contributed by atoms with Crippen molar-refractivity contribution >= 4 is 15.9 Å². The van der Waals surface area contributed by atoms with Gasteiger partial charge in [0, 0.05) is 4.83 Å². The molecule has 0 radical (unpaired) electrons. The minimum absolute atomic E-state index is 0.761. The summed E-state index contributed by atoms with van der Waals surface area (Å²) in [7, 11) is 0. The van der Waals surface area contributed by atoms with Gasteiger partial charge in [0.2, 0.25) is 0 Å². The first-order valence-corrected chi connectivity index (χ1v) is 7.27. The fourth-order valence-electron chi connectivity index (χ4n) is 2.74. The molecule has 0 amide bonds. The van der Waals surface area contributed by atoms with Crippen LogP contribution in [0.15, 0.2) is 18.2 Å². The zero-order valence-corrected chi connectivity index (χ0v) is 11.9. The third kappa shape index (κ3) is 3.10. The first kappa shape index (κ1) is 12.2. The van der Waals surface area contributed by atoms with E-state index in [1.165, 1.54) is 43.2 Å². The van der Waals surface area contributed by atoms with Gasteiger partial charge in [0.05, 0.1) is 0 Å². The number of halogens is 1. The van der Waals surface area contributed by atoms with E-state index < -0.39 is 0 Å². The minimum atomic E-state index is 0.761. The second-order valence-electron chi connectivity index (χ2n) is 5.26. The summed E-state index contributed by atoms with van der Waals surface area (Å²) in [5.41, 5.74) is 4.42. The maximum absolute atomic E-state index is 3.78. The van der Waals surface area contributed by atoms with Gasteiger partial charge in [0.25, 0.3) is 0 Å². The van der Waals surface area contributed by atoms with Crippen LogP contribution in [-0.4, -0.2) is 4.83 Å². The maximum atomic E-state index is 3.78. The molecular weight excluding hydrogens is 260 g/mol. The Morgan fingerprint density at radius 2 is 2.06 bits per heavy atom. The molecule has 0 heterocycles. The molecule has 16 heavy (non-hydrogen) atoms. The second kappa shape index (κ2) is 5.35. The summed E-state index contributed by atoms with van der Waals surface area (Å²) in [5.74, 6) is 0.888. The average molecular weight is 281 g/mol. The van der Waals surface area contributed by atoms with E-state index in [1.807, 2.05) is 0 Å². The van der Waals surface area contributed by atoms with Gasteiger partial charge in [-0.25, -0.2) is 0 Å². The zero-order valence-electron chi connectivity index (χ0n) is 10.3. The van der Waals surface area contributed by atoms with Crippen molar-refractivity contribution in [3.05, 3.63) is 34.9 Å². The molecule has 1 aliphatic carbocycles. The highest BCUT2D eigenvalue weighted by Gasteiger charge is 2.20. The van der Waals surface area contributed by atoms with Crippen LogP contribution >= 0.6 is 15.9 Å². The van der Waals surface area contributed by atoms with Crippen LogP contribution in [0.25, 0.3) is 0 Å². The van der Waals surface area contributed by atoms with E-state index in [0.29, 0.717) is 0 Å². The highest BCUT2D eigenvalue weighted by molar-refractivity contribution is 9.09. The van der Waals surface area contributed by atoms with E-state index in [9.17, 15) is 0 Å². The summed E-state index contributed by atoms with van der Waals surface area (Å²) in [6.45, 7) is 4.43. The molecule has 1 aromatic carbocycles. The topological polar surface area (TPSA) is 0 Å². The highest BCUT2D eigenvalue weighted by atomic mass is 79.9. The van der Waals surface area contributed by atoms with Crippen molar-refractivity contribution in [1.29, 1.82) is 0 Å². The number of hydrogen-bond donors (Lipinski definition) is 0. The molecule has 0 bridgehead atoms. The first-order valence-electron chi connectivity index (χ1n) is 6.35. The van der Waals surface area contributed by atoms with Gasteiger partial charge in [-0.15, -0.1) is 0 Å². The quantitative estimate of drug-likeness (QED) is 0.683. The van der Waals surface area contributed by atoms with Gasteiger partial charge in [0.1, 0.15) is 0 Å². The van der Waals surface area contributed by atoms with E-state index in [1.54, 1.807) is 5.56 Å². The lowest BCUT2D eigenvalue weighted by molar-refractivity contribution is 0.367. The van der Waals surface area contributed by atoms with Crippen LogP contribution in [-0.2, 0) is 6.42 Å². The predicted octanol–water partition coefficient (Wildman–Crippen LogP) is 4.80. The number of rotatable bonds is 2. The van der Waals surface area contributed by atoms with Gasteiger partial charge >= 0.3 is 0 Å². The molecule has 0 nitrogen and oxygen atoms in total. The van der Waals surface area contributed by atoms with E-state index in [0.717, 1.165) is 10.7 Å². The Balaban J connectivity index is 2.05. The van der Waals surface area contributed by atoms with Crippen LogP contribution in [0.3, 0.4) is 0 Å². The lowest BCUT2D eigenvalue weighted by Gasteiger charge is -2.26. The van der Waals surface area contributed by atoms with Crippen molar-refractivity contribution in [3.63, 3.8) is 0 Å². The second-order valence-corrected chi connectivity index (χ2v) is 6.56. The van der Waals surface area contributed by atoms with Gasteiger partial charge in [-0.1, -0.05) is 52.5 Å². The van der Waals surface area contributed by atoms with Crippen LogP contribution in [0, 0.1) is 19.8 Å². The van der Waals surface area contributed by atoms with Crippen molar-refractivity contribution in [1.82, 2.24) is 0 Å². The van der Waals surface area contributed by atoms with Crippen LogP contribution in [0.5, 0.6) is 0 Å². The Morgan fingerprint density at radius 1 is 1.25 bits per heavy atom. The van der Waals surface area contributed by atoms with E-state index in [-0.39, 0.29) is 0 Å². The Labute approximate surface area is 108 Å². The summed E-state index contributed by atoms with van der Waals surface area (Å²) < 4.78 is 0. The van der Waals surface area contributed by atoms with Gasteiger partial charge in [-0.3, -0.25) is 0 Å². The molecule has 0 aromatic heterocycles. The molecule has 1 aromatic rings. The number of aryl methyl sites for hydroxylation is 2. The minimum Gasteiger partial charge on any atom is -0.0891 e. The number of benzene rings is 1. The molecular formula is C15H21Br. The van der Waals surface area contributed by atoms with Crippen molar-refractivity contribution in [2.24, 2.45) is 5.92 Å². The Kier molecular flexibility index (Phi) is 4.07. The molecule has 2 unspecified atom stereocenters. The number of alkyl halides is 1. The summed E-state index contributed by atoms with van der Waals surface area (Å²) in [6, 6.07) is 6.85. The van der Waals surface area contributed by atoms with Gasteiger partial charge in [0.15, 0.2) is 0 Å². The molecule has 1 fully saturated rings. The van der Waals surface area contributed by atoms with Crippen molar-refractivity contribution in [2.45, 2.75) is 50.8 Å². The molecule has 0 saturated heterocycles. The molecule has 0 aliphatic heterocycles. The highest BCUT2D eigenvalue weighted by Crippen LogP contribution is 2.31. The van der Waals surface area contributed by atoms with Crippen LogP contribution < -0.4 is 0 Å². The summed E-state index contributed by atoms with van der Waals surface area (Å²) >= 11 is 3.78. The lowest BCUT2D eigenvalue weighted by atomic mass is 9.83. The molecule has 1 saturated carbocycles. The molecule has 0 spiro atoms. The Bertz CT molecular complexity index is 356. The molecule has 1 heteroatoms. The van der Waals surface area contributed by atoms with Crippen LogP contribution in [0.4, 0.5) is 0 Å². The number of hydrogen-bond acceptors (Lipinski definition) is 0. The van der Waals surface area contributed by atoms with Gasteiger partial charge in [-0.2, -0.15) is 0 Å². The SMILES string of the molecule is Cc1ccc(C)c(CC2CCCC(Br)C2)c1. The Hall–Kier alpha value is -0.300. The van der Waals surface area contributed by atoms with Gasteiger partial charge < -0.3 is 0 Å². The first-order chi connectivity index (χ1) is 7.65. The van der Waals surface area contributed by atoms with E-state index in [2.05, 4.69) is 48.0 Å². The molecule has 2 atom stereocenters. The largest absolute Gasteiger partial charge is 0.0891 e. The van der Waals surface area contributed by atoms with E-state index >= 15 is 0 Å². The normalized spacial score (nSPS) is 25.7.